The minimum absolute atomic E-state index is 0. The molecule has 0 amide bonds. The van der Waals surface area contributed by atoms with Gasteiger partial charge in [-0.1, -0.05) is 295 Å². The molecular formula is C83H162ClN2O10P. The summed E-state index contributed by atoms with van der Waals surface area (Å²) < 4.78 is 46.0. The van der Waals surface area contributed by atoms with Crippen LogP contribution >= 0.6 is 7.82 Å². The topological polar surface area (TPSA) is 153 Å². The zero-order valence-corrected chi connectivity index (χ0v) is 66.6. The molecule has 0 saturated carbocycles. The molecule has 97 heavy (non-hydrogen) atoms. The highest BCUT2D eigenvalue weighted by molar-refractivity contribution is 7.47. The molecule has 0 aromatic rings. The van der Waals surface area contributed by atoms with E-state index in [0.29, 0.717) is 6.42 Å². The Morgan fingerprint density at radius 2 is 0.670 bits per heavy atom. The first-order valence-electron chi connectivity index (χ1n) is 41.1. The van der Waals surface area contributed by atoms with Gasteiger partial charge in [-0.25, -0.2) is 4.57 Å². The zero-order valence-electron chi connectivity index (χ0n) is 65.0. The van der Waals surface area contributed by atoms with Crippen molar-refractivity contribution in [2.45, 2.75) is 399 Å². The predicted octanol–water partition coefficient (Wildman–Crippen LogP) is 21.8. The van der Waals surface area contributed by atoms with Crippen LogP contribution in [0.25, 0.3) is 0 Å². The summed E-state index contributed by atoms with van der Waals surface area (Å²) in [6.45, 7) is 11.8. The van der Waals surface area contributed by atoms with Crippen LogP contribution in [-0.4, -0.2) is 107 Å². The molecule has 3 N–H and O–H groups in total. The predicted molar refractivity (Wildman–Crippen MR) is 413 cm³/mol. The second kappa shape index (κ2) is 81.4. The van der Waals surface area contributed by atoms with E-state index in [1.54, 1.807) is 0 Å². The molecule has 0 rings (SSSR count). The third-order valence-electron chi connectivity index (χ3n) is 17.7. The molecule has 0 aliphatic heterocycles. The highest BCUT2D eigenvalue weighted by Gasteiger charge is 2.26. The van der Waals surface area contributed by atoms with Crippen LogP contribution in [0.15, 0.2) is 48.6 Å². The van der Waals surface area contributed by atoms with Crippen LogP contribution in [0.1, 0.15) is 387 Å². The first-order chi connectivity index (χ1) is 46.8. The molecule has 0 bridgehead atoms. The number of rotatable bonds is 76. The standard InChI is InChI=1S/C42H84NO2.C41H78NO8P.ClH/c1-6-8-10-12-14-16-18-20-22-24-26-28-30-32-34-36-38-44-41-42(40-43(3,4)5)45-39-37-35-33-31-29-27-25-23-21-19-17-15-13-11-9-7-2;1-3-5-7-9-11-13-15-17-19-21-23-25-27-29-31-33-40(43)47-37-39(38-49-51(45,46)48-36-35-42)50-41(44)34-32-30-28-26-24-22-20-18-16-14-12-10-8-6-4-2;/h20-23,42H,6-19,24-41H2,1-5H3;17-20,39H,3-16,21-38,42H2,1-2H3,(H,45,46);1H/q+1;;/p-1/b22-20-,23-21-;19-17-,20-18-;. The van der Waals surface area contributed by atoms with Gasteiger partial charge in [-0.2, -0.15) is 0 Å². The summed E-state index contributed by atoms with van der Waals surface area (Å²) in [5.74, 6) is -0.845. The van der Waals surface area contributed by atoms with Crippen LogP contribution in [0.4, 0.5) is 0 Å². The Labute approximate surface area is 608 Å². The largest absolute Gasteiger partial charge is 1.00 e. The number of unbranched alkanes of at least 4 members (excludes halogenated alkanes) is 46. The van der Waals surface area contributed by atoms with Gasteiger partial charge in [0.15, 0.2) is 6.10 Å². The summed E-state index contributed by atoms with van der Waals surface area (Å²) in [6, 6.07) is 0. The van der Waals surface area contributed by atoms with Gasteiger partial charge in [0, 0.05) is 32.6 Å². The van der Waals surface area contributed by atoms with Gasteiger partial charge in [0.1, 0.15) is 19.3 Å². The van der Waals surface area contributed by atoms with Crippen molar-refractivity contribution in [2.24, 2.45) is 5.73 Å². The molecule has 0 aliphatic rings. The quantitative estimate of drug-likeness (QED) is 0.0197. The van der Waals surface area contributed by atoms with Gasteiger partial charge in [0.2, 0.25) is 0 Å². The van der Waals surface area contributed by atoms with Crippen LogP contribution in [0.2, 0.25) is 0 Å². The fourth-order valence-corrected chi connectivity index (χ4v) is 12.5. The zero-order chi connectivity index (χ0) is 70.5. The first kappa shape index (κ1) is 99.3. The normalized spacial score (nSPS) is 13.2. The number of quaternary nitrogens is 1. The molecular weight excluding hydrogens is 1250 g/mol. The molecule has 0 aromatic carbocycles. The Hall–Kier alpha value is -1.86. The number of halogens is 1. The molecule has 576 valence electrons. The molecule has 3 unspecified atom stereocenters. The number of nitrogens with two attached hydrogens (primary N) is 1. The Kier molecular flexibility index (Phi) is 83.4. The third-order valence-corrected chi connectivity index (χ3v) is 18.7. The molecule has 0 fully saturated rings. The Morgan fingerprint density at radius 3 is 1.00 bits per heavy atom. The first-order valence-corrected chi connectivity index (χ1v) is 42.6. The fraction of sp³-hybridized carbons (Fsp3) is 0.880. The summed E-state index contributed by atoms with van der Waals surface area (Å²) in [4.78, 5) is 34.8. The van der Waals surface area contributed by atoms with E-state index in [4.69, 9.17) is 33.7 Å². The maximum atomic E-state index is 12.5. The number of nitrogens with zero attached hydrogens (tertiary/aromatic N) is 1. The number of hydrogen-bond donors (Lipinski definition) is 2. The highest BCUT2D eigenvalue weighted by atomic mass is 35.5. The second-order valence-corrected chi connectivity index (χ2v) is 30.2. The molecule has 3 atom stereocenters. The number of likely N-dealkylation sites (N-methyl/N-ethyl adjacent to an activating group) is 1. The van der Waals surface area contributed by atoms with Gasteiger partial charge < -0.3 is 46.5 Å². The van der Waals surface area contributed by atoms with Crippen molar-refractivity contribution in [3.63, 3.8) is 0 Å². The van der Waals surface area contributed by atoms with Crippen LogP contribution < -0.4 is 18.1 Å². The molecule has 0 saturated heterocycles. The van der Waals surface area contributed by atoms with Crippen LogP contribution in [0.5, 0.6) is 0 Å². The Morgan fingerprint density at radius 1 is 0.371 bits per heavy atom. The monoisotopic (exact) mass is 1410 g/mol. The number of phosphoric ester groups is 1. The van der Waals surface area contributed by atoms with E-state index in [1.165, 1.54) is 270 Å². The number of hydrogen-bond acceptors (Lipinski definition) is 10. The number of carbonyl (C=O) groups excluding carboxylic acids is 2. The second-order valence-electron chi connectivity index (χ2n) is 28.8. The van der Waals surface area contributed by atoms with Crippen molar-refractivity contribution >= 4 is 19.8 Å². The Bertz CT molecular complexity index is 1760. The maximum Gasteiger partial charge on any atom is 0.472 e. The van der Waals surface area contributed by atoms with Crippen molar-refractivity contribution in [3.05, 3.63) is 48.6 Å². The van der Waals surface area contributed by atoms with E-state index >= 15 is 0 Å². The molecule has 0 aromatic heterocycles. The van der Waals surface area contributed by atoms with E-state index in [-0.39, 0.29) is 51.1 Å². The average Bonchev–Trinajstić information content (AvgIpc) is 2.55. The lowest BCUT2D eigenvalue weighted by molar-refractivity contribution is -0.873. The maximum absolute atomic E-state index is 12.5. The number of allylic oxidation sites excluding steroid dienone is 8. The van der Waals surface area contributed by atoms with E-state index in [9.17, 15) is 19.0 Å². The summed E-state index contributed by atoms with van der Waals surface area (Å²) in [6.07, 6.45) is 86.8. The number of carbonyl (C=O) groups is 2. The highest BCUT2D eigenvalue weighted by Crippen LogP contribution is 2.43. The average molecular weight is 1410 g/mol. The van der Waals surface area contributed by atoms with Crippen LogP contribution in [0.3, 0.4) is 0 Å². The van der Waals surface area contributed by atoms with E-state index < -0.39 is 32.5 Å². The summed E-state index contributed by atoms with van der Waals surface area (Å²) >= 11 is 0. The van der Waals surface area contributed by atoms with Gasteiger partial charge in [-0.05, 0) is 128 Å². The van der Waals surface area contributed by atoms with Crippen molar-refractivity contribution in [1.29, 1.82) is 0 Å². The molecule has 0 spiro atoms. The van der Waals surface area contributed by atoms with Crippen LogP contribution in [0, 0.1) is 0 Å². The van der Waals surface area contributed by atoms with E-state index in [2.05, 4.69) is 97.4 Å². The minimum Gasteiger partial charge on any atom is -1.00 e. The molecule has 0 heterocycles. The number of ether oxygens (including phenoxy) is 4. The molecule has 0 aliphatic carbocycles. The lowest BCUT2D eigenvalue weighted by atomic mass is 10.1. The van der Waals surface area contributed by atoms with Gasteiger partial charge in [0.25, 0.3) is 0 Å². The number of phosphoric acid groups is 1. The van der Waals surface area contributed by atoms with Crippen LogP contribution in [-0.2, 0) is 42.1 Å². The van der Waals surface area contributed by atoms with Crippen molar-refractivity contribution in [3.8, 4) is 0 Å². The van der Waals surface area contributed by atoms with Crippen molar-refractivity contribution in [2.75, 3.05) is 73.9 Å². The van der Waals surface area contributed by atoms with Gasteiger partial charge in [-0.3, -0.25) is 18.6 Å². The number of esters is 2. The van der Waals surface area contributed by atoms with Gasteiger partial charge in [-0.15, -0.1) is 0 Å². The van der Waals surface area contributed by atoms with Crippen molar-refractivity contribution in [1.82, 2.24) is 0 Å². The third kappa shape index (κ3) is 86.5. The van der Waals surface area contributed by atoms with Gasteiger partial charge in [0.05, 0.1) is 41.0 Å². The fourth-order valence-electron chi connectivity index (χ4n) is 11.7. The Balaban J connectivity index is -0.00000182. The lowest BCUT2D eigenvalue weighted by Crippen LogP contribution is -3.00. The van der Waals surface area contributed by atoms with E-state index in [0.717, 1.165) is 101 Å². The SMILES string of the molecule is CCCCCCCC/C=C\CCCCCCCC(=O)OCC(COP(=O)(O)OCCN)OC(=O)CCCCCCC/C=C\CCCCCCCC.CCCCCCCC/C=C\CCCCCCCCOCC(C[N+](C)(C)C)OCCCCCCCC/C=C\CCCCCCCC.[Cl-]. The van der Waals surface area contributed by atoms with E-state index in [1.807, 2.05) is 0 Å². The summed E-state index contributed by atoms with van der Waals surface area (Å²) in [7, 11) is 2.39. The van der Waals surface area contributed by atoms with Crippen molar-refractivity contribution < 1.29 is 63.9 Å². The summed E-state index contributed by atoms with van der Waals surface area (Å²) in [5.41, 5.74) is 5.34. The molecule has 12 nitrogen and oxygen atoms in total. The summed E-state index contributed by atoms with van der Waals surface area (Å²) in [5, 5.41) is 0. The molecule has 0 radical (unpaired) electrons. The lowest BCUT2D eigenvalue weighted by Gasteiger charge is -2.29. The molecule has 14 heteroatoms. The minimum atomic E-state index is -4.37. The van der Waals surface area contributed by atoms with Gasteiger partial charge >= 0.3 is 19.8 Å². The smallest absolute Gasteiger partial charge is 0.472 e.